The minimum Gasteiger partial charge on any atom is -0.343 e. The number of nitrogens with zero attached hydrogens (tertiary/aromatic N) is 3. The van der Waals surface area contributed by atoms with Crippen molar-refractivity contribution in [2.75, 3.05) is 13.1 Å². The molecule has 2 aromatic carbocycles. The molecule has 4 nitrogen and oxygen atoms in total. The first-order valence-corrected chi connectivity index (χ1v) is 11.3. The number of halogens is 2. The zero-order valence-corrected chi connectivity index (χ0v) is 18.3. The number of hydrogen-bond donors (Lipinski definition) is 0. The molecule has 1 saturated heterocycles. The van der Waals surface area contributed by atoms with Crippen molar-refractivity contribution in [3.05, 3.63) is 69.0 Å². The van der Waals surface area contributed by atoms with Gasteiger partial charge < -0.3 is 9.47 Å². The SMILES string of the molecule is O=C1CCCN1CCCn1c(-c2ccc(Br)cc2)csc1=Nc1ccc(F)cc1. The summed E-state index contributed by atoms with van der Waals surface area (Å²) >= 11 is 5.05. The first kappa shape index (κ1) is 20.0. The van der Waals surface area contributed by atoms with E-state index in [0.29, 0.717) is 6.42 Å². The van der Waals surface area contributed by atoms with E-state index >= 15 is 0 Å². The summed E-state index contributed by atoms with van der Waals surface area (Å²) in [6, 6.07) is 14.4. The second-order valence-electron chi connectivity index (χ2n) is 6.99. The van der Waals surface area contributed by atoms with E-state index in [-0.39, 0.29) is 11.7 Å². The number of carbonyl (C=O) groups excluding carboxylic acids is 1. The van der Waals surface area contributed by atoms with Crippen LogP contribution in [0.2, 0.25) is 0 Å². The molecule has 1 aliphatic rings. The fourth-order valence-corrected chi connectivity index (χ4v) is 4.69. The Morgan fingerprint density at radius 3 is 2.52 bits per heavy atom. The monoisotopic (exact) mass is 473 g/mol. The van der Waals surface area contributed by atoms with Crippen LogP contribution in [0, 0.1) is 5.82 Å². The quantitative estimate of drug-likeness (QED) is 0.474. The van der Waals surface area contributed by atoms with Gasteiger partial charge in [0.2, 0.25) is 5.91 Å². The zero-order chi connectivity index (χ0) is 20.2. The molecule has 7 heteroatoms. The van der Waals surface area contributed by atoms with Crippen molar-refractivity contribution in [1.29, 1.82) is 0 Å². The standard InChI is InChI=1S/C22H21BrFN3OS/c23-17-6-4-16(5-7-17)20-15-29-22(25-19-10-8-18(24)9-11-19)27(20)14-2-13-26-12-1-3-21(26)28/h4-11,15H,1-3,12-14H2. The van der Waals surface area contributed by atoms with Crippen LogP contribution in [0.3, 0.4) is 0 Å². The molecule has 1 aromatic heterocycles. The molecule has 150 valence electrons. The molecule has 0 N–H and O–H groups in total. The van der Waals surface area contributed by atoms with Crippen molar-refractivity contribution in [3.8, 4) is 11.3 Å². The first-order valence-electron chi connectivity index (χ1n) is 9.62. The molecule has 0 atom stereocenters. The number of aromatic nitrogens is 1. The van der Waals surface area contributed by atoms with Crippen LogP contribution in [0.1, 0.15) is 19.3 Å². The van der Waals surface area contributed by atoms with Crippen molar-refractivity contribution >= 4 is 38.9 Å². The van der Waals surface area contributed by atoms with E-state index in [2.05, 4.69) is 38.0 Å². The second kappa shape index (κ2) is 9.05. The molecular weight excluding hydrogens is 453 g/mol. The molecule has 1 fully saturated rings. The van der Waals surface area contributed by atoms with Crippen LogP contribution in [-0.4, -0.2) is 28.5 Å². The Morgan fingerprint density at radius 2 is 1.83 bits per heavy atom. The third-order valence-electron chi connectivity index (χ3n) is 4.97. The van der Waals surface area contributed by atoms with Crippen molar-refractivity contribution in [1.82, 2.24) is 9.47 Å². The summed E-state index contributed by atoms with van der Waals surface area (Å²) in [5.74, 6) is -0.0153. The van der Waals surface area contributed by atoms with Gasteiger partial charge in [0.05, 0.1) is 11.4 Å². The van der Waals surface area contributed by atoms with Gasteiger partial charge in [-0.3, -0.25) is 4.79 Å². The number of benzene rings is 2. The predicted octanol–water partition coefficient (Wildman–Crippen LogP) is 5.36. The lowest BCUT2D eigenvalue weighted by Gasteiger charge is -2.16. The zero-order valence-electron chi connectivity index (χ0n) is 15.9. The maximum absolute atomic E-state index is 13.2. The summed E-state index contributed by atoms with van der Waals surface area (Å²) in [6.07, 6.45) is 2.49. The summed E-state index contributed by atoms with van der Waals surface area (Å²) in [5.41, 5.74) is 2.93. The van der Waals surface area contributed by atoms with E-state index in [4.69, 9.17) is 4.99 Å². The van der Waals surface area contributed by atoms with Gasteiger partial charge in [0.15, 0.2) is 4.80 Å². The summed E-state index contributed by atoms with van der Waals surface area (Å²) in [4.78, 5) is 19.4. The van der Waals surface area contributed by atoms with Gasteiger partial charge in [-0.15, -0.1) is 11.3 Å². The molecule has 0 bridgehead atoms. The summed E-state index contributed by atoms with van der Waals surface area (Å²) in [6.45, 7) is 2.38. The Hall–Kier alpha value is -2.25. The van der Waals surface area contributed by atoms with E-state index in [0.717, 1.165) is 58.7 Å². The van der Waals surface area contributed by atoms with E-state index < -0.39 is 0 Å². The normalized spacial score (nSPS) is 14.8. The number of likely N-dealkylation sites (tertiary alicyclic amines) is 1. The average Bonchev–Trinajstić information content (AvgIpc) is 3.31. The summed E-state index contributed by atoms with van der Waals surface area (Å²) in [7, 11) is 0. The first-order chi connectivity index (χ1) is 14.1. The lowest BCUT2D eigenvalue weighted by Crippen LogP contribution is -2.27. The molecule has 0 saturated carbocycles. The van der Waals surface area contributed by atoms with Gasteiger partial charge in [-0.1, -0.05) is 28.1 Å². The second-order valence-corrected chi connectivity index (χ2v) is 8.74. The van der Waals surface area contributed by atoms with Crippen molar-refractivity contribution < 1.29 is 9.18 Å². The Labute approximate surface area is 181 Å². The molecule has 2 heterocycles. The topological polar surface area (TPSA) is 37.6 Å². The molecule has 1 amide bonds. The van der Waals surface area contributed by atoms with Crippen LogP contribution >= 0.6 is 27.3 Å². The molecule has 1 aliphatic heterocycles. The average molecular weight is 474 g/mol. The minimum absolute atomic E-state index is 0.254. The van der Waals surface area contributed by atoms with Gasteiger partial charge in [0.1, 0.15) is 5.82 Å². The Bertz CT molecular complexity index is 1060. The highest BCUT2D eigenvalue weighted by molar-refractivity contribution is 9.10. The van der Waals surface area contributed by atoms with E-state index in [1.807, 2.05) is 17.0 Å². The van der Waals surface area contributed by atoms with Gasteiger partial charge in [0, 0.05) is 35.9 Å². The highest BCUT2D eigenvalue weighted by atomic mass is 79.9. The Balaban J connectivity index is 1.64. The van der Waals surface area contributed by atoms with Crippen LogP contribution in [0.15, 0.2) is 63.4 Å². The van der Waals surface area contributed by atoms with E-state index in [1.165, 1.54) is 12.1 Å². The van der Waals surface area contributed by atoms with Gasteiger partial charge in [0.25, 0.3) is 0 Å². The number of rotatable bonds is 6. The van der Waals surface area contributed by atoms with Crippen molar-refractivity contribution in [2.24, 2.45) is 4.99 Å². The smallest absolute Gasteiger partial charge is 0.222 e. The summed E-state index contributed by atoms with van der Waals surface area (Å²) in [5, 5.41) is 2.10. The molecule has 3 aromatic rings. The van der Waals surface area contributed by atoms with Gasteiger partial charge >= 0.3 is 0 Å². The summed E-state index contributed by atoms with van der Waals surface area (Å²) < 4.78 is 16.5. The fraction of sp³-hybridized carbons (Fsp3) is 0.273. The van der Waals surface area contributed by atoms with Crippen LogP contribution in [0.25, 0.3) is 11.3 Å². The van der Waals surface area contributed by atoms with Gasteiger partial charge in [-0.05, 0) is 54.8 Å². The number of amides is 1. The number of hydrogen-bond acceptors (Lipinski definition) is 3. The van der Waals surface area contributed by atoms with Crippen molar-refractivity contribution in [3.63, 3.8) is 0 Å². The minimum atomic E-state index is -0.270. The molecule has 0 unspecified atom stereocenters. The Morgan fingerprint density at radius 1 is 1.07 bits per heavy atom. The van der Waals surface area contributed by atoms with Crippen LogP contribution < -0.4 is 4.80 Å². The molecule has 0 radical (unpaired) electrons. The van der Waals surface area contributed by atoms with Crippen molar-refractivity contribution in [2.45, 2.75) is 25.8 Å². The highest BCUT2D eigenvalue weighted by Gasteiger charge is 2.19. The van der Waals surface area contributed by atoms with Gasteiger partial charge in [-0.25, -0.2) is 9.38 Å². The van der Waals surface area contributed by atoms with Crippen LogP contribution in [0.5, 0.6) is 0 Å². The maximum Gasteiger partial charge on any atom is 0.222 e. The molecule has 0 aliphatic carbocycles. The van der Waals surface area contributed by atoms with Crippen LogP contribution in [0.4, 0.5) is 10.1 Å². The number of carbonyl (C=O) groups is 1. The highest BCUT2D eigenvalue weighted by Crippen LogP contribution is 2.23. The predicted molar refractivity (Wildman–Crippen MR) is 117 cm³/mol. The molecular formula is C22H21BrFN3OS. The number of thiazole rings is 1. The van der Waals surface area contributed by atoms with E-state index in [9.17, 15) is 9.18 Å². The molecule has 29 heavy (non-hydrogen) atoms. The van der Waals surface area contributed by atoms with E-state index in [1.54, 1.807) is 23.5 Å². The largest absolute Gasteiger partial charge is 0.343 e. The maximum atomic E-state index is 13.2. The van der Waals surface area contributed by atoms with Crippen LogP contribution in [-0.2, 0) is 11.3 Å². The Kier molecular flexibility index (Phi) is 6.25. The third kappa shape index (κ3) is 4.85. The van der Waals surface area contributed by atoms with Gasteiger partial charge in [-0.2, -0.15) is 0 Å². The molecule has 0 spiro atoms. The fourth-order valence-electron chi connectivity index (χ4n) is 3.47. The lowest BCUT2D eigenvalue weighted by molar-refractivity contribution is -0.127. The molecule has 4 rings (SSSR count). The lowest BCUT2D eigenvalue weighted by atomic mass is 10.2. The third-order valence-corrected chi connectivity index (χ3v) is 6.36.